The molecule has 0 amide bonds. The van der Waals surface area contributed by atoms with Gasteiger partial charge in [0.15, 0.2) is 0 Å². The lowest BCUT2D eigenvalue weighted by atomic mass is 10.0. The largest absolute Gasteiger partial charge is 0.423 e. The van der Waals surface area contributed by atoms with E-state index in [0.29, 0.717) is 17.9 Å². The highest BCUT2D eigenvalue weighted by molar-refractivity contribution is 5.91. The van der Waals surface area contributed by atoms with Crippen LogP contribution in [0, 0.1) is 20.2 Å². The molecule has 0 heterocycles. The van der Waals surface area contributed by atoms with Crippen molar-refractivity contribution >= 4 is 23.3 Å². The SMILES string of the molecule is O=C(Oc1ccc(Cc2ccc(OC(=O)c3ccc([N+](=O)[O-])cc3)cc2)cc1)c1ccc([N+](=O)[O-])cc1. The Kier molecular flexibility index (Phi) is 7.29. The van der Waals surface area contributed by atoms with Crippen LogP contribution in [0.3, 0.4) is 0 Å². The van der Waals surface area contributed by atoms with Crippen molar-refractivity contribution in [2.45, 2.75) is 6.42 Å². The number of nitro benzene ring substituents is 2. The molecule has 0 radical (unpaired) electrons. The minimum absolute atomic E-state index is 0.114. The summed E-state index contributed by atoms with van der Waals surface area (Å²) < 4.78 is 10.6. The van der Waals surface area contributed by atoms with Crippen LogP contribution in [-0.4, -0.2) is 21.8 Å². The first kappa shape index (κ1) is 24.7. The summed E-state index contributed by atoms with van der Waals surface area (Å²) in [5, 5.41) is 21.5. The summed E-state index contributed by atoms with van der Waals surface area (Å²) in [5.74, 6) is -0.579. The van der Waals surface area contributed by atoms with Crippen LogP contribution in [-0.2, 0) is 6.42 Å². The van der Waals surface area contributed by atoms with Crippen LogP contribution in [0.5, 0.6) is 11.5 Å². The number of nitrogens with zero attached hydrogens (tertiary/aromatic N) is 2. The molecule has 184 valence electrons. The number of esters is 2. The van der Waals surface area contributed by atoms with E-state index < -0.39 is 21.8 Å². The van der Waals surface area contributed by atoms with Crippen LogP contribution in [0.25, 0.3) is 0 Å². The van der Waals surface area contributed by atoms with E-state index in [-0.39, 0.29) is 22.5 Å². The summed E-state index contributed by atoms with van der Waals surface area (Å²) >= 11 is 0. The number of rotatable bonds is 8. The van der Waals surface area contributed by atoms with Gasteiger partial charge in [0, 0.05) is 24.3 Å². The standard InChI is InChI=1S/C27H18N2O8/c30-26(20-5-9-22(10-6-20)28(32)33)36-24-13-1-18(2-14-24)17-19-3-15-25(16-4-19)37-27(31)21-7-11-23(12-8-21)29(34)35/h1-16H,17H2. The van der Waals surface area contributed by atoms with Crippen molar-refractivity contribution in [3.05, 3.63) is 140 Å². The Morgan fingerprint density at radius 2 is 0.865 bits per heavy atom. The summed E-state index contributed by atoms with van der Waals surface area (Å²) in [4.78, 5) is 44.9. The predicted octanol–water partition coefficient (Wildman–Crippen LogP) is 5.53. The molecule has 0 atom stereocenters. The molecule has 4 aromatic rings. The topological polar surface area (TPSA) is 139 Å². The van der Waals surface area contributed by atoms with Gasteiger partial charge in [-0.05, 0) is 66.1 Å². The molecule has 10 nitrogen and oxygen atoms in total. The van der Waals surface area contributed by atoms with Crippen molar-refractivity contribution in [3.63, 3.8) is 0 Å². The Morgan fingerprint density at radius 3 is 1.16 bits per heavy atom. The molecule has 0 aliphatic carbocycles. The third-order valence-electron chi connectivity index (χ3n) is 5.30. The molecule has 4 aromatic carbocycles. The predicted molar refractivity (Wildman–Crippen MR) is 132 cm³/mol. The molecular formula is C27H18N2O8. The third kappa shape index (κ3) is 6.40. The fraction of sp³-hybridized carbons (Fsp3) is 0.0370. The smallest absolute Gasteiger partial charge is 0.343 e. The van der Waals surface area contributed by atoms with Gasteiger partial charge in [-0.3, -0.25) is 20.2 Å². The van der Waals surface area contributed by atoms with Gasteiger partial charge in [-0.1, -0.05) is 24.3 Å². The summed E-state index contributed by atoms with van der Waals surface area (Å²) in [6.45, 7) is 0. The summed E-state index contributed by atoms with van der Waals surface area (Å²) in [6.07, 6.45) is 0.577. The number of carbonyl (C=O) groups is 2. The Morgan fingerprint density at radius 1 is 0.541 bits per heavy atom. The Balaban J connectivity index is 1.32. The van der Waals surface area contributed by atoms with Crippen molar-refractivity contribution in [2.24, 2.45) is 0 Å². The second kappa shape index (κ2) is 10.9. The van der Waals surface area contributed by atoms with Gasteiger partial charge in [0.2, 0.25) is 0 Å². The molecule has 0 spiro atoms. The van der Waals surface area contributed by atoms with E-state index in [1.807, 2.05) is 0 Å². The van der Waals surface area contributed by atoms with Crippen molar-refractivity contribution < 1.29 is 28.9 Å². The molecule has 37 heavy (non-hydrogen) atoms. The fourth-order valence-corrected chi connectivity index (χ4v) is 3.36. The average molecular weight is 498 g/mol. The van der Waals surface area contributed by atoms with Gasteiger partial charge in [0.1, 0.15) is 11.5 Å². The lowest BCUT2D eigenvalue weighted by Crippen LogP contribution is -2.08. The zero-order valence-corrected chi connectivity index (χ0v) is 19.1. The maximum Gasteiger partial charge on any atom is 0.343 e. The van der Waals surface area contributed by atoms with Crippen LogP contribution in [0.1, 0.15) is 31.8 Å². The lowest BCUT2D eigenvalue weighted by Gasteiger charge is -2.08. The first-order valence-corrected chi connectivity index (χ1v) is 10.9. The van der Waals surface area contributed by atoms with Gasteiger partial charge in [-0.25, -0.2) is 9.59 Å². The second-order valence-electron chi connectivity index (χ2n) is 7.85. The molecule has 4 rings (SSSR count). The number of nitro groups is 2. The van der Waals surface area contributed by atoms with Crippen molar-refractivity contribution in [1.29, 1.82) is 0 Å². The summed E-state index contributed by atoms with van der Waals surface area (Å²) in [5.41, 5.74) is 2.07. The van der Waals surface area contributed by atoms with E-state index >= 15 is 0 Å². The molecule has 0 aliphatic rings. The number of carbonyl (C=O) groups excluding carboxylic acids is 2. The Hall–Kier alpha value is -5.38. The zero-order valence-electron chi connectivity index (χ0n) is 19.1. The van der Waals surface area contributed by atoms with E-state index in [9.17, 15) is 29.8 Å². The van der Waals surface area contributed by atoms with E-state index in [2.05, 4.69) is 0 Å². The highest BCUT2D eigenvalue weighted by Gasteiger charge is 2.13. The first-order valence-electron chi connectivity index (χ1n) is 10.9. The molecule has 10 heteroatoms. The van der Waals surface area contributed by atoms with E-state index in [0.717, 1.165) is 11.1 Å². The number of hydrogen-bond donors (Lipinski definition) is 0. The number of ether oxygens (including phenoxy) is 2. The average Bonchev–Trinajstić information content (AvgIpc) is 2.91. The van der Waals surface area contributed by atoms with E-state index in [1.165, 1.54) is 48.5 Å². The zero-order chi connectivity index (χ0) is 26.4. The quantitative estimate of drug-likeness (QED) is 0.134. The van der Waals surface area contributed by atoms with Gasteiger partial charge in [0.25, 0.3) is 11.4 Å². The van der Waals surface area contributed by atoms with Gasteiger partial charge < -0.3 is 9.47 Å². The maximum atomic E-state index is 12.3. The lowest BCUT2D eigenvalue weighted by molar-refractivity contribution is -0.385. The molecule has 0 aliphatic heterocycles. The monoisotopic (exact) mass is 498 g/mol. The molecule has 0 N–H and O–H groups in total. The van der Waals surface area contributed by atoms with Gasteiger partial charge in [-0.2, -0.15) is 0 Å². The van der Waals surface area contributed by atoms with Crippen LogP contribution < -0.4 is 9.47 Å². The Labute approximate surface area is 210 Å². The summed E-state index contributed by atoms with van der Waals surface area (Å²) in [7, 11) is 0. The number of non-ortho nitro benzene ring substituents is 2. The van der Waals surface area contributed by atoms with E-state index in [1.54, 1.807) is 48.5 Å². The molecule has 0 unspecified atom stereocenters. The molecule has 0 bridgehead atoms. The molecular weight excluding hydrogens is 480 g/mol. The second-order valence-corrected chi connectivity index (χ2v) is 7.85. The van der Waals surface area contributed by atoms with Crippen molar-refractivity contribution in [2.75, 3.05) is 0 Å². The van der Waals surface area contributed by atoms with Crippen LogP contribution in [0.4, 0.5) is 11.4 Å². The minimum Gasteiger partial charge on any atom is -0.423 e. The molecule has 0 fully saturated rings. The maximum absolute atomic E-state index is 12.3. The highest BCUT2D eigenvalue weighted by Crippen LogP contribution is 2.21. The van der Waals surface area contributed by atoms with Crippen molar-refractivity contribution in [1.82, 2.24) is 0 Å². The van der Waals surface area contributed by atoms with Crippen LogP contribution in [0.2, 0.25) is 0 Å². The first-order chi connectivity index (χ1) is 17.8. The number of benzene rings is 4. The van der Waals surface area contributed by atoms with Crippen LogP contribution in [0.15, 0.2) is 97.1 Å². The normalized spacial score (nSPS) is 10.4. The van der Waals surface area contributed by atoms with Gasteiger partial charge in [0.05, 0.1) is 21.0 Å². The van der Waals surface area contributed by atoms with Gasteiger partial charge in [-0.15, -0.1) is 0 Å². The molecule has 0 saturated heterocycles. The molecule has 0 aromatic heterocycles. The summed E-state index contributed by atoms with van der Waals surface area (Å²) in [6, 6.07) is 24.1. The Bertz CT molecular complexity index is 1330. The third-order valence-corrected chi connectivity index (χ3v) is 5.30. The number of hydrogen-bond acceptors (Lipinski definition) is 8. The van der Waals surface area contributed by atoms with Crippen molar-refractivity contribution in [3.8, 4) is 11.5 Å². The molecule has 0 saturated carbocycles. The van der Waals surface area contributed by atoms with Gasteiger partial charge >= 0.3 is 11.9 Å². The highest BCUT2D eigenvalue weighted by atomic mass is 16.6. The van der Waals surface area contributed by atoms with E-state index in [4.69, 9.17) is 9.47 Å². The van der Waals surface area contributed by atoms with Crippen LogP contribution >= 0.6 is 0 Å². The minimum atomic E-state index is -0.624. The fourth-order valence-electron chi connectivity index (χ4n) is 3.36.